The highest BCUT2D eigenvalue weighted by Crippen LogP contribution is 2.20. The van der Waals surface area contributed by atoms with Gasteiger partial charge in [-0.2, -0.15) is 11.8 Å². The van der Waals surface area contributed by atoms with Crippen molar-refractivity contribution in [1.29, 1.82) is 0 Å². The second-order valence-corrected chi connectivity index (χ2v) is 14.9. The van der Waals surface area contributed by atoms with Gasteiger partial charge in [0.25, 0.3) is 0 Å². The molecular weight excluding hydrogens is 619 g/mol. The number of amides is 2. The van der Waals surface area contributed by atoms with E-state index in [2.05, 4.69) is 48.1 Å². The number of ether oxygens (including phenoxy) is 1. The lowest BCUT2D eigenvalue weighted by Crippen LogP contribution is -2.50. The number of thioether (sulfide) groups is 1. The second-order valence-electron chi connectivity index (χ2n) is 13.7. The first-order valence-electron chi connectivity index (χ1n) is 20.0. The van der Waals surface area contributed by atoms with Gasteiger partial charge in [-0.05, 0) is 57.4 Å². The van der Waals surface area contributed by atoms with E-state index in [1.54, 1.807) is 11.8 Å². The van der Waals surface area contributed by atoms with Crippen LogP contribution in [0.3, 0.4) is 0 Å². The third kappa shape index (κ3) is 25.3. The van der Waals surface area contributed by atoms with Gasteiger partial charge in [-0.15, -0.1) is 0 Å². The van der Waals surface area contributed by atoms with Crippen LogP contribution in [0.15, 0.2) is 0 Å². The number of likely N-dealkylation sites (tertiary alicyclic amines) is 1. The number of nitrogens with one attached hydrogen (secondary N) is 2. The summed E-state index contributed by atoms with van der Waals surface area (Å²) < 4.78 is 5.28. The molecule has 0 spiro atoms. The molecule has 2 atom stereocenters. The van der Waals surface area contributed by atoms with Crippen LogP contribution in [0.4, 0.5) is 0 Å². The molecule has 8 heteroatoms. The fourth-order valence-corrected chi connectivity index (χ4v) is 7.12. The molecule has 1 heterocycles. The third-order valence-corrected chi connectivity index (χ3v) is 10.3. The van der Waals surface area contributed by atoms with E-state index in [0.717, 1.165) is 64.6 Å². The standard InChI is InChI=1S/C40H73N3O4S/c1-4-7-10-13-15-16-18-24-33-47-38(44)28-35-48-34-27-37(40(46)41-29-32-43-30-22-19-23-31-43)42-39(45)36(25-20-12-9-6-3)26-21-17-14-11-8-5-2/h36-37H,4-17,19-23,25-35H2,1-3H3,(H,41,46)(H,42,45). The smallest absolute Gasteiger partial charge is 0.307 e. The molecule has 1 aliphatic heterocycles. The lowest BCUT2D eigenvalue weighted by molar-refractivity contribution is -0.141. The molecule has 1 saturated heterocycles. The van der Waals surface area contributed by atoms with Crippen LogP contribution in [0.2, 0.25) is 0 Å². The highest BCUT2D eigenvalue weighted by atomic mass is 32.2. The number of hydrogen-bond donors (Lipinski definition) is 2. The average molecular weight is 692 g/mol. The molecule has 0 bridgehead atoms. The summed E-state index contributed by atoms with van der Waals surface area (Å²) in [5.74, 6) is 7.04. The first kappa shape index (κ1) is 44.3. The molecule has 7 nitrogen and oxygen atoms in total. The Morgan fingerprint density at radius 3 is 1.98 bits per heavy atom. The van der Waals surface area contributed by atoms with E-state index in [1.807, 2.05) is 0 Å². The van der Waals surface area contributed by atoms with Gasteiger partial charge in [0, 0.05) is 31.2 Å². The third-order valence-electron chi connectivity index (χ3n) is 9.33. The number of hydrogen-bond acceptors (Lipinski definition) is 6. The number of piperidine rings is 1. The van der Waals surface area contributed by atoms with Crippen LogP contribution in [0, 0.1) is 17.8 Å². The van der Waals surface area contributed by atoms with Gasteiger partial charge >= 0.3 is 5.97 Å². The summed E-state index contributed by atoms with van der Waals surface area (Å²) in [5, 5.41) is 6.30. The molecule has 278 valence electrons. The van der Waals surface area contributed by atoms with E-state index in [-0.39, 0.29) is 30.3 Å². The minimum Gasteiger partial charge on any atom is -0.452 e. The quantitative estimate of drug-likeness (QED) is 0.0445. The van der Waals surface area contributed by atoms with Gasteiger partial charge in [-0.1, -0.05) is 129 Å². The van der Waals surface area contributed by atoms with Crippen molar-refractivity contribution in [2.24, 2.45) is 5.92 Å². The van der Waals surface area contributed by atoms with Gasteiger partial charge < -0.3 is 20.3 Å². The van der Waals surface area contributed by atoms with Crippen molar-refractivity contribution in [3.8, 4) is 11.8 Å². The Kier molecular flexibility index (Phi) is 30.0. The highest BCUT2D eigenvalue weighted by molar-refractivity contribution is 7.99. The van der Waals surface area contributed by atoms with E-state index in [9.17, 15) is 14.4 Å². The van der Waals surface area contributed by atoms with Crippen LogP contribution in [-0.4, -0.2) is 73.0 Å². The molecule has 0 aromatic heterocycles. The number of esters is 1. The zero-order valence-electron chi connectivity index (χ0n) is 31.4. The van der Waals surface area contributed by atoms with Gasteiger partial charge in [0.05, 0.1) is 6.42 Å². The molecule has 0 aromatic carbocycles. The van der Waals surface area contributed by atoms with E-state index in [1.165, 1.54) is 89.9 Å². The number of nitrogens with zero attached hydrogens (tertiary/aromatic N) is 1. The van der Waals surface area contributed by atoms with E-state index >= 15 is 0 Å². The Morgan fingerprint density at radius 1 is 0.708 bits per heavy atom. The molecule has 2 N–H and O–H groups in total. The summed E-state index contributed by atoms with van der Waals surface area (Å²) in [6.45, 7) is 10.5. The summed E-state index contributed by atoms with van der Waals surface area (Å²) >= 11 is 1.63. The minimum atomic E-state index is -0.557. The summed E-state index contributed by atoms with van der Waals surface area (Å²) in [7, 11) is 0. The maximum Gasteiger partial charge on any atom is 0.307 e. The van der Waals surface area contributed by atoms with Gasteiger partial charge in [-0.25, -0.2) is 0 Å². The van der Waals surface area contributed by atoms with E-state index in [4.69, 9.17) is 4.74 Å². The number of rotatable bonds is 30. The molecule has 2 amide bonds. The molecule has 0 radical (unpaired) electrons. The van der Waals surface area contributed by atoms with Crippen molar-refractivity contribution in [3.63, 3.8) is 0 Å². The zero-order chi connectivity index (χ0) is 34.9. The first-order chi connectivity index (χ1) is 23.5. The van der Waals surface area contributed by atoms with Crippen LogP contribution in [0.1, 0.15) is 168 Å². The van der Waals surface area contributed by atoms with Crippen LogP contribution < -0.4 is 10.6 Å². The summed E-state index contributed by atoms with van der Waals surface area (Å²) in [6, 6.07) is -0.557. The normalized spacial score (nSPS) is 14.5. The highest BCUT2D eigenvalue weighted by Gasteiger charge is 2.25. The van der Waals surface area contributed by atoms with E-state index in [0.29, 0.717) is 30.9 Å². The van der Waals surface area contributed by atoms with Crippen molar-refractivity contribution < 1.29 is 19.1 Å². The van der Waals surface area contributed by atoms with Crippen LogP contribution in [0.25, 0.3) is 0 Å². The van der Waals surface area contributed by atoms with Crippen molar-refractivity contribution >= 4 is 29.5 Å². The van der Waals surface area contributed by atoms with Crippen molar-refractivity contribution in [3.05, 3.63) is 0 Å². The largest absolute Gasteiger partial charge is 0.452 e. The van der Waals surface area contributed by atoms with Crippen LogP contribution >= 0.6 is 11.8 Å². The first-order valence-corrected chi connectivity index (χ1v) is 21.2. The topological polar surface area (TPSA) is 87.7 Å². The average Bonchev–Trinajstić information content (AvgIpc) is 3.09. The Morgan fingerprint density at radius 2 is 1.31 bits per heavy atom. The molecule has 2 unspecified atom stereocenters. The van der Waals surface area contributed by atoms with Crippen LogP contribution in [-0.2, 0) is 19.1 Å². The Labute approximate surface area is 300 Å². The molecular formula is C40H73N3O4S. The Bertz CT molecular complexity index is 868. The van der Waals surface area contributed by atoms with Crippen molar-refractivity contribution in [2.75, 3.05) is 44.3 Å². The monoisotopic (exact) mass is 692 g/mol. The molecule has 1 fully saturated rings. The molecule has 0 aliphatic carbocycles. The van der Waals surface area contributed by atoms with E-state index < -0.39 is 6.04 Å². The molecule has 0 saturated carbocycles. The summed E-state index contributed by atoms with van der Waals surface area (Å²) in [6.07, 6.45) is 25.2. The Balaban J connectivity index is 2.58. The predicted molar refractivity (Wildman–Crippen MR) is 204 cm³/mol. The fraction of sp³-hybridized carbons (Fsp3) is 0.875. The zero-order valence-corrected chi connectivity index (χ0v) is 32.2. The number of carbonyl (C=O) groups excluding carboxylic acids is 3. The van der Waals surface area contributed by atoms with Crippen LogP contribution in [0.5, 0.6) is 0 Å². The van der Waals surface area contributed by atoms with Crippen molar-refractivity contribution in [1.82, 2.24) is 15.5 Å². The lowest BCUT2D eigenvalue weighted by atomic mass is 9.93. The number of carbonyl (C=O) groups is 3. The number of unbranched alkanes of at least 4 members (excludes halogenated alkanes) is 13. The van der Waals surface area contributed by atoms with Crippen molar-refractivity contribution in [2.45, 2.75) is 174 Å². The van der Waals surface area contributed by atoms with Gasteiger partial charge in [-0.3, -0.25) is 14.4 Å². The fourth-order valence-electron chi connectivity index (χ4n) is 6.20. The maximum absolute atomic E-state index is 13.6. The van der Waals surface area contributed by atoms with Gasteiger partial charge in [0.1, 0.15) is 6.04 Å². The summed E-state index contributed by atoms with van der Waals surface area (Å²) in [4.78, 5) is 41.6. The molecule has 1 rings (SSSR count). The molecule has 1 aliphatic rings. The Hall–Kier alpha value is -1.72. The van der Waals surface area contributed by atoms with Gasteiger partial charge in [0.2, 0.25) is 11.8 Å². The lowest BCUT2D eigenvalue weighted by Gasteiger charge is -2.27. The SMILES string of the molecule is CCCCCCCC#CCOC(=O)CCSCCC(NC(=O)C(CCCCCC)CCCCCCCC)C(=O)NCCN1CCCCC1. The van der Waals surface area contributed by atoms with Gasteiger partial charge in [0.15, 0.2) is 6.61 Å². The maximum atomic E-state index is 13.6. The predicted octanol–water partition coefficient (Wildman–Crippen LogP) is 8.83. The molecule has 0 aromatic rings. The summed E-state index contributed by atoms with van der Waals surface area (Å²) in [5.41, 5.74) is 0. The second kappa shape index (κ2) is 32.5. The molecule has 48 heavy (non-hydrogen) atoms. The minimum absolute atomic E-state index is 0.0342.